The molecule has 0 amide bonds. The third-order valence-electron chi connectivity index (χ3n) is 2.27. The summed E-state index contributed by atoms with van der Waals surface area (Å²) >= 11 is 0. The summed E-state index contributed by atoms with van der Waals surface area (Å²) < 4.78 is 5.61. The van der Waals surface area contributed by atoms with E-state index in [1.54, 1.807) is 12.1 Å². The molecule has 0 saturated carbocycles. The molecule has 0 spiro atoms. The molecule has 1 aromatic carbocycles. The molecular weight excluding hydrogens is 166 g/mol. The first-order chi connectivity index (χ1) is 6.31. The Hall–Kier alpha value is -1.22. The third kappa shape index (κ3) is 1.47. The molecule has 2 rings (SSSR count). The minimum absolute atomic E-state index is 0.160. The van der Waals surface area contributed by atoms with Gasteiger partial charge in [0.25, 0.3) is 0 Å². The van der Waals surface area contributed by atoms with E-state index < -0.39 is 0 Å². The number of hydrogen-bond donors (Lipinski definition) is 2. The molecule has 70 valence electrons. The molecule has 3 nitrogen and oxygen atoms in total. The molecule has 2 N–H and O–H groups in total. The van der Waals surface area contributed by atoms with Gasteiger partial charge < -0.3 is 15.2 Å². The van der Waals surface area contributed by atoms with Crippen LogP contribution in [-0.2, 0) is 6.42 Å². The average Bonchev–Trinajstić information content (AvgIpc) is 2.49. The van der Waals surface area contributed by atoms with E-state index >= 15 is 0 Å². The fourth-order valence-corrected chi connectivity index (χ4v) is 1.66. The number of phenols is 1. The Morgan fingerprint density at radius 2 is 2.46 bits per heavy atom. The van der Waals surface area contributed by atoms with Crippen LogP contribution in [0.25, 0.3) is 0 Å². The number of likely N-dealkylation sites (N-methyl/N-ethyl adjacent to an activating group) is 1. The van der Waals surface area contributed by atoms with Crippen molar-refractivity contribution in [2.24, 2.45) is 0 Å². The van der Waals surface area contributed by atoms with E-state index in [-0.39, 0.29) is 6.10 Å². The number of ether oxygens (including phenoxy) is 1. The number of benzene rings is 1. The third-order valence-corrected chi connectivity index (χ3v) is 2.27. The van der Waals surface area contributed by atoms with Gasteiger partial charge in [-0.2, -0.15) is 0 Å². The van der Waals surface area contributed by atoms with Crippen molar-refractivity contribution in [2.75, 3.05) is 13.6 Å². The Morgan fingerprint density at radius 3 is 3.15 bits per heavy atom. The van der Waals surface area contributed by atoms with Gasteiger partial charge in [-0.15, -0.1) is 0 Å². The van der Waals surface area contributed by atoms with Gasteiger partial charge in [0, 0.05) is 18.5 Å². The van der Waals surface area contributed by atoms with E-state index in [0.29, 0.717) is 5.75 Å². The summed E-state index contributed by atoms with van der Waals surface area (Å²) in [4.78, 5) is 0. The Bertz CT molecular complexity index is 312. The Kier molecular flexibility index (Phi) is 2.10. The molecule has 0 aliphatic carbocycles. The summed E-state index contributed by atoms with van der Waals surface area (Å²) in [7, 11) is 1.90. The normalized spacial score (nSPS) is 19.6. The lowest BCUT2D eigenvalue weighted by Gasteiger charge is -2.08. The summed E-state index contributed by atoms with van der Waals surface area (Å²) in [6.45, 7) is 0.814. The van der Waals surface area contributed by atoms with Crippen molar-refractivity contribution < 1.29 is 9.84 Å². The molecule has 0 radical (unpaired) electrons. The van der Waals surface area contributed by atoms with E-state index in [1.165, 1.54) is 0 Å². The van der Waals surface area contributed by atoms with E-state index in [1.807, 2.05) is 13.1 Å². The molecule has 1 unspecified atom stereocenters. The van der Waals surface area contributed by atoms with Crippen molar-refractivity contribution in [1.29, 1.82) is 0 Å². The van der Waals surface area contributed by atoms with Crippen LogP contribution >= 0.6 is 0 Å². The highest BCUT2D eigenvalue weighted by molar-refractivity contribution is 5.46. The molecule has 0 aromatic heterocycles. The van der Waals surface area contributed by atoms with Gasteiger partial charge in [-0.1, -0.05) is 6.07 Å². The maximum absolute atomic E-state index is 9.52. The summed E-state index contributed by atoms with van der Waals surface area (Å²) in [5, 5.41) is 12.6. The highest BCUT2D eigenvalue weighted by atomic mass is 16.5. The zero-order chi connectivity index (χ0) is 9.26. The number of phenolic OH excluding ortho intramolecular Hbond substituents is 1. The summed E-state index contributed by atoms with van der Waals surface area (Å²) in [5.41, 5.74) is 0.933. The van der Waals surface area contributed by atoms with Crippen LogP contribution in [-0.4, -0.2) is 24.8 Å². The molecule has 1 atom stereocenters. The van der Waals surface area contributed by atoms with Crippen LogP contribution in [0.4, 0.5) is 0 Å². The number of fused-ring (bicyclic) bond motifs is 1. The molecule has 1 aromatic rings. The van der Waals surface area contributed by atoms with Gasteiger partial charge in [-0.25, -0.2) is 0 Å². The van der Waals surface area contributed by atoms with E-state index in [2.05, 4.69) is 5.32 Å². The van der Waals surface area contributed by atoms with Crippen LogP contribution in [0.3, 0.4) is 0 Å². The predicted octanol–water partition coefficient (Wildman–Crippen LogP) is 0.915. The predicted molar refractivity (Wildman–Crippen MR) is 50.2 cm³/mol. The van der Waals surface area contributed by atoms with E-state index in [4.69, 9.17) is 4.74 Å². The standard InChI is InChI=1S/C10H13NO2/c1-11-6-7-5-8-9(12)3-2-4-10(8)13-7/h2-4,7,11-12H,5-6H2,1H3. The maximum atomic E-state index is 9.52. The topological polar surface area (TPSA) is 41.5 Å². The fourth-order valence-electron chi connectivity index (χ4n) is 1.66. The Morgan fingerprint density at radius 1 is 1.62 bits per heavy atom. The molecule has 3 heteroatoms. The van der Waals surface area contributed by atoms with Crippen molar-refractivity contribution >= 4 is 0 Å². The van der Waals surface area contributed by atoms with Gasteiger partial charge in [0.2, 0.25) is 0 Å². The van der Waals surface area contributed by atoms with Gasteiger partial charge in [-0.05, 0) is 19.2 Å². The quantitative estimate of drug-likeness (QED) is 0.709. The van der Waals surface area contributed by atoms with Crippen molar-refractivity contribution in [3.63, 3.8) is 0 Å². The van der Waals surface area contributed by atoms with Gasteiger partial charge in [0.15, 0.2) is 0 Å². The Labute approximate surface area is 77.3 Å². The average molecular weight is 179 g/mol. The molecular formula is C10H13NO2. The Balaban J connectivity index is 2.20. The van der Waals surface area contributed by atoms with Crippen LogP contribution in [0.2, 0.25) is 0 Å². The van der Waals surface area contributed by atoms with Gasteiger partial charge >= 0.3 is 0 Å². The molecule has 1 aliphatic rings. The van der Waals surface area contributed by atoms with Crippen molar-refractivity contribution in [1.82, 2.24) is 5.32 Å². The summed E-state index contributed by atoms with van der Waals surface area (Å²) in [5.74, 6) is 1.16. The number of nitrogens with one attached hydrogen (secondary N) is 1. The van der Waals surface area contributed by atoms with Gasteiger partial charge in [-0.3, -0.25) is 0 Å². The summed E-state index contributed by atoms with van der Waals surface area (Å²) in [6, 6.07) is 5.39. The first kappa shape index (κ1) is 8.38. The lowest BCUT2D eigenvalue weighted by Crippen LogP contribution is -2.27. The second-order valence-corrected chi connectivity index (χ2v) is 3.26. The second-order valence-electron chi connectivity index (χ2n) is 3.26. The SMILES string of the molecule is CNCC1Cc2c(O)cccc2O1. The molecule has 1 heterocycles. The lowest BCUT2D eigenvalue weighted by atomic mass is 10.1. The molecule has 0 saturated heterocycles. The van der Waals surface area contributed by atoms with Crippen LogP contribution in [0.15, 0.2) is 18.2 Å². The van der Waals surface area contributed by atoms with Gasteiger partial charge in [0.05, 0.1) is 0 Å². The zero-order valence-corrected chi connectivity index (χ0v) is 7.58. The molecule has 0 fully saturated rings. The first-order valence-corrected chi connectivity index (χ1v) is 4.43. The smallest absolute Gasteiger partial charge is 0.126 e. The van der Waals surface area contributed by atoms with Crippen LogP contribution in [0.5, 0.6) is 11.5 Å². The molecule has 0 bridgehead atoms. The maximum Gasteiger partial charge on any atom is 0.126 e. The minimum Gasteiger partial charge on any atom is -0.508 e. The largest absolute Gasteiger partial charge is 0.508 e. The van der Waals surface area contributed by atoms with E-state index in [9.17, 15) is 5.11 Å². The van der Waals surface area contributed by atoms with Crippen LogP contribution in [0, 0.1) is 0 Å². The fraction of sp³-hybridized carbons (Fsp3) is 0.400. The van der Waals surface area contributed by atoms with Crippen LogP contribution in [0.1, 0.15) is 5.56 Å². The van der Waals surface area contributed by atoms with E-state index in [0.717, 1.165) is 24.3 Å². The highest BCUT2D eigenvalue weighted by Gasteiger charge is 2.24. The molecule has 1 aliphatic heterocycles. The summed E-state index contributed by atoms with van der Waals surface area (Å²) in [6.07, 6.45) is 0.955. The number of rotatable bonds is 2. The minimum atomic E-state index is 0.160. The number of aromatic hydroxyl groups is 1. The van der Waals surface area contributed by atoms with Gasteiger partial charge in [0.1, 0.15) is 17.6 Å². The number of hydrogen-bond acceptors (Lipinski definition) is 3. The lowest BCUT2D eigenvalue weighted by molar-refractivity contribution is 0.231. The first-order valence-electron chi connectivity index (χ1n) is 4.43. The highest BCUT2D eigenvalue weighted by Crippen LogP contribution is 2.34. The van der Waals surface area contributed by atoms with Crippen molar-refractivity contribution in [3.05, 3.63) is 23.8 Å². The second kappa shape index (κ2) is 3.26. The monoisotopic (exact) mass is 179 g/mol. The molecule has 13 heavy (non-hydrogen) atoms. The van der Waals surface area contributed by atoms with Crippen molar-refractivity contribution in [3.8, 4) is 11.5 Å². The zero-order valence-electron chi connectivity index (χ0n) is 7.58. The van der Waals surface area contributed by atoms with Crippen LogP contribution < -0.4 is 10.1 Å². The van der Waals surface area contributed by atoms with Crippen molar-refractivity contribution in [2.45, 2.75) is 12.5 Å².